The second-order valence-electron chi connectivity index (χ2n) is 4.64. The average molecular weight is 266 g/mol. The van der Waals surface area contributed by atoms with Crippen LogP contribution in [0.1, 0.15) is 32.0 Å². The number of carbonyl (C=O) groups is 2. The van der Waals surface area contributed by atoms with Gasteiger partial charge in [-0.15, -0.1) is 0 Å². The fourth-order valence-corrected chi connectivity index (χ4v) is 2.57. The number of aromatic nitrogens is 2. The first-order valence-corrected chi connectivity index (χ1v) is 6.37. The molecular weight excluding hydrogens is 248 g/mol. The van der Waals surface area contributed by atoms with E-state index in [2.05, 4.69) is 15.3 Å². The maximum atomic E-state index is 12.1. The average Bonchev–Trinajstić information content (AvgIpc) is 3.05. The summed E-state index contributed by atoms with van der Waals surface area (Å²) in [5.41, 5.74) is -1.06. The number of carboxylic acid groups (broad SMARTS) is 1. The van der Waals surface area contributed by atoms with Gasteiger partial charge in [-0.3, -0.25) is 0 Å². The van der Waals surface area contributed by atoms with Crippen molar-refractivity contribution in [3.63, 3.8) is 0 Å². The van der Waals surface area contributed by atoms with Crippen molar-refractivity contribution < 1.29 is 14.7 Å². The Hall–Kier alpha value is -2.05. The normalized spacial score (nSPS) is 22.5. The summed E-state index contributed by atoms with van der Waals surface area (Å²) < 4.78 is 0. The quantitative estimate of drug-likeness (QED) is 0.755. The van der Waals surface area contributed by atoms with Crippen molar-refractivity contribution in [2.45, 2.75) is 38.3 Å². The maximum absolute atomic E-state index is 12.1. The van der Waals surface area contributed by atoms with Crippen molar-refractivity contribution in [1.29, 1.82) is 0 Å². The number of rotatable bonds is 4. The number of carbonyl (C=O) groups excluding carboxylic acids is 1. The van der Waals surface area contributed by atoms with Crippen molar-refractivity contribution >= 4 is 12.0 Å². The monoisotopic (exact) mass is 266 g/mol. The van der Waals surface area contributed by atoms with E-state index < -0.39 is 11.5 Å². The van der Waals surface area contributed by atoms with Crippen LogP contribution in [0.2, 0.25) is 0 Å². The fourth-order valence-electron chi connectivity index (χ4n) is 2.57. The molecule has 2 heterocycles. The number of H-pyrrole nitrogens is 1. The predicted octanol–water partition coefficient (Wildman–Crippen LogP) is 0.948. The molecule has 0 spiro atoms. The lowest BCUT2D eigenvalue weighted by molar-refractivity contribution is -0.148. The van der Waals surface area contributed by atoms with Gasteiger partial charge in [0.05, 0.1) is 6.54 Å². The van der Waals surface area contributed by atoms with Gasteiger partial charge in [-0.1, -0.05) is 6.92 Å². The van der Waals surface area contributed by atoms with Crippen LogP contribution in [0.3, 0.4) is 0 Å². The summed E-state index contributed by atoms with van der Waals surface area (Å²) in [6, 6.07) is -0.349. The van der Waals surface area contributed by atoms with Crippen molar-refractivity contribution in [2.75, 3.05) is 6.54 Å². The zero-order valence-corrected chi connectivity index (χ0v) is 10.8. The van der Waals surface area contributed by atoms with E-state index in [1.54, 1.807) is 19.3 Å². The summed E-state index contributed by atoms with van der Waals surface area (Å²) in [4.78, 5) is 31.9. The number of aliphatic carboxylic acids is 1. The minimum atomic E-state index is -1.06. The van der Waals surface area contributed by atoms with Crippen molar-refractivity contribution in [3.8, 4) is 0 Å². The minimum Gasteiger partial charge on any atom is -0.479 e. The third kappa shape index (κ3) is 2.40. The van der Waals surface area contributed by atoms with Gasteiger partial charge in [-0.05, 0) is 19.3 Å². The predicted molar refractivity (Wildman–Crippen MR) is 67.4 cm³/mol. The second kappa shape index (κ2) is 5.29. The zero-order chi connectivity index (χ0) is 13.9. The van der Waals surface area contributed by atoms with E-state index in [1.165, 1.54) is 4.90 Å². The molecule has 0 bridgehead atoms. The Morgan fingerprint density at radius 1 is 1.63 bits per heavy atom. The van der Waals surface area contributed by atoms with Gasteiger partial charge in [0.25, 0.3) is 0 Å². The Morgan fingerprint density at radius 2 is 2.42 bits per heavy atom. The third-order valence-corrected chi connectivity index (χ3v) is 3.68. The standard InChI is InChI=1S/C12H18N4O3/c1-2-12(10(17)18)4-3-7-16(12)11(19)15-8-9-13-5-6-14-9/h5-6H,2-4,7-8H2,1H3,(H,13,14)(H,15,19)(H,17,18). The molecule has 0 aliphatic carbocycles. The zero-order valence-electron chi connectivity index (χ0n) is 10.8. The molecule has 0 radical (unpaired) electrons. The number of nitrogens with zero attached hydrogens (tertiary/aromatic N) is 2. The largest absolute Gasteiger partial charge is 0.479 e. The maximum Gasteiger partial charge on any atom is 0.329 e. The van der Waals surface area contributed by atoms with Gasteiger partial charge < -0.3 is 20.3 Å². The molecule has 2 amide bonds. The molecule has 1 fully saturated rings. The van der Waals surface area contributed by atoms with Crippen LogP contribution in [-0.2, 0) is 11.3 Å². The van der Waals surface area contributed by atoms with Crippen LogP contribution in [0.5, 0.6) is 0 Å². The number of imidazole rings is 1. The first kappa shape index (κ1) is 13.4. The Balaban J connectivity index is 2.03. The molecule has 7 nitrogen and oxygen atoms in total. The van der Waals surface area contributed by atoms with E-state index in [-0.39, 0.29) is 12.6 Å². The van der Waals surface area contributed by atoms with Crippen LogP contribution in [0.4, 0.5) is 4.79 Å². The number of hydrogen-bond donors (Lipinski definition) is 3. The molecule has 1 aromatic rings. The summed E-state index contributed by atoms with van der Waals surface area (Å²) in [6.45, 7) is 2.54. The highest BCUT2D eigenvalue weighted by Crippen LogP contribution is 2.32. The summed E-state index contributed by atoms with van der Waals surface area (Å²) >= 11 is 0. The molecular formula is C12H18N4O3. The highest BCUT2D eigenvalue weighted by molar-refractivity contribution is 5.87. The molecule has 2 rings (SSSR count). The first-order chi connectivity index (χ1) is 9.10. The van der Waals surface area contributed by atoms with E-state index in [1.807, 2.05) is 0 Å². The van der Waals surface area contributed by atoms with Gasteiger partial charge in [-0.25, -0.2) is 14.6 Å². The SMILES string of the molecule is CCC1(C(=O)O)CCCN1C(=O)NCc1ncc[nH]1. The van der Waals surface area contributed by atoms with Crippen molar-refractivity contribution in [2.24, 2.45) is 0 Å². The van der Waals surface area contributed by atoms with Crippen LogP contribution in [-0.4, -0.2) is 44.1 Å². The van der Waals surface area contributed by atoms with Gasteiger partial charge in [0.1, 0.15) is 11.4 Å². The molecule has 1 saturated heterocycles. The summed E-state index contributed by atoms with van der Waals surface area (Å²) in [7, 11) is 0. The number of urea groups is 1. The highest BCUT2D eigenvalue weighted by Gasteiger charge is 2.48. The molecule has 1 aromatic heterocycles. The Morgan fingerprint density at radius 3 is 3.00 bits per heavy atom. The fraction of sp³-hybridized carbons (Fsp3) is 0.583. The molecule has 0 aromatic carbocycles. The van der Waals surface area contributed by atoms with E-state index in [4.69, 9.17) is 0 Å². The Kier molecular flexibility index (Phi) is 3.73. The number of amides is 2. The van der Waals surface area contributed by atoms with E-state index in [9.17, 15) is 14.7 Å². The second-order valence-corrected chi connectivity index (χ2v) is 4.64. The molecule has 1 aliphatic rings. The van der Waals surface area contributed by atoms with Gasteiger partial charge >= 0.3 is 12.0 Å². The van der Waals surface area contributed by atoms with Gasteiger partial charge in [0.15, 0.2) is 0 Å². The number of nitrogens with one attached hydrogen (secondary N) is 2. The smallest absolute Gasteiger partial charge is 0.329 e. The minimum absolute atomic E-state index is 0.266. The third-order valence-electron chi connectivity index (χ3n) is 3.68. The van der Waals surface area contributed by atoms with Crippen LogP contribution in [0, 0.1) is 0 Å². The highest BCUT2D eigenvalue weighted by atomic mass is 16.4. The lowest BCUT2D eigenvalue weighted by atomic mass is 9.93. The molecule has 3 N–H and O–H groups in total. The van der Waals surface area contributed by atoms with Crippen LogP contribution >= 0.6 is 0 Å². The van der Waals surface area contributed by atoms with Crippen molar-refractivity contribution in [3.05, 3.63) is 18.2 Å². The van der Waals surface area contributed by atoms with Crippen molar-refractivity contribution in [1.82, 2.24) is 20.2 Å². The number of likely N-dealkylation sites (tertiary alicyclic amines) is 1. The van der Waals surface area contributed by atoms with E-state index >= 15 is 0 Å². The van der Waals surface area contributed by atoms with Gasteiger partial charge in [0.2, 0.25) is 0 Å². The topological polar surface area (TPSA) is 98.3 Å². The molecule has 1 unspecified atom stereocenters. The van der Waals surface area contributed by atoms with Gasteiger partial charge in [0, 0.05) is 18.9 Å². The molecule has 19 heavy (non-hydrogen) atoms. The first-order valence-electron chi connectivity index (χ1n) is 6.37. The summed E-state index contributed by atoms with van der Waals surface area (Å²) in [5.74, 6) is -0.286. The Bertz CT molecular complexity index is 460. The van der Waals surface area contributed by atoms with E-state index in [0.717, 1.165) is 0 Å². The van der Waals surface area contributed by atoms with Crippen LogP contribution < -0.4 is 5.32 Å². The summed E-state index contributed by atoms with van der Waals surface area (Å²) in [5, 5.41) is 12.1. The van der Waals surface area contributed by atoms with E-state index in [0.29, 0.717) is 31.6 Å². The molecule has 104 valence electrons. The molecule has 1 aliphatic heterocycles. The number of carboxylic acids is 1. The summed E-state index contributed by atoms with van der Waals surface area (Å²) in [6.07, 6.45) is 4.91. The van der Waals surface area contributed by atoms with Gasteiger partial charge in [-0.2, -0.15) is 0 Å². The number of aromatic amines is 1. The lowest BCUT2D eigenvalue weighted by Crippen LogP contribution is -2.55. The van der Waals surface area contributed by atoms with Crippen LogP contribution in [0.15, 0.2) is 12.4 Å². The molecule has 7 heteroatoms. The lowest BCUT2D eigenvalue weighted by Gasteiger charge is -2.33. The Labute approximate surface area is 111 Å². The number of hydrogen-bond acceptors (Lipinski definition) is 3. The van der Waals surface area contributed by atoms with Crippen LogP contribution in [0.25, 0.3) is 0 Å². The molecule has 0 saturated carbocycles. The molecule has 1 atom stereocenters.